The standard InChI is InChI=1S/C5ClF9O3/c6-1(16)2(7,8)17-3(9,10)4(11,12)18-5(13,14)15. The molecule has 0 atom stereocenters. The van der Waals surface area contributed by atoms with Crippen molar-refractivity contribution in [1.29, 1.82) is 0 Å². The third kappa shape index (κ3) is 4.49. The predicted molar refractivity (Wildman–Crippen MR) is 33.9 cm³/mol. The van der Waals surface area contributed by atoms with Gasteiger partial charge in [-0.15, -0.1) is 13.2 Å². The van der Waals surface area contributed by atoms with E-state index in [1.54, 1.807) is 4.74 Å². The molecule has 0 radical (unpaired) electrons. The second kappa shape index (κ2) is 4.74. The van der Waals surface area contributed by atoms with E-state index in [1.807, 2.05) is 4.74 Å². The van der Waals surface area contributed by atoms with Crippen molar-refractivity contribution in [3.8, 4) is 0 Å². The Morgan fingerprint density at radius 3 is 1.39 bits per heavy atom. The molecule has 0 aliphatic rings. The summed E-state index contributed by atoms with van der Waals surface area (Å²) >= 11 is 4.00. The molecule has 3 nitrogen and oxygen atoms in total. The number of carbonyl (C=O) groups is 1. The third-order valence-electron chi connectivity index (χ3n) is 1.07. The fourth-order valence-corrected chi connectivity index (χ4v) is 0.504. The van der Waals surface area contributed by atoms with Crippen LogP contribution in [-0.2, 0) is 14.3 Å². The van der Waals surface area contributed by atoms with Crippen molar-refractivity contribution in [2.24, 2.45) is 0 Å². The summed E-state index contributed by atoms with van der Waals surface area (Å²) in [6, 6.07) is 0. The minimum Gasteiger partial charge on any atom is -0.271 e. The van der Waals surface area contributed by atoms with Gasteiger partial charge in [-0.2, -0.15) is 26.3 Å². The number of rotatable bonds is 5. The van der Waals surface area contributed by atoms with Gasteiger partial charge in [-0.05, 0) is 11.6 Å². The summed E-state index contributed by atoms with van der Waals surface area (Å²) in [4.78, 5) is 9.80. The normalized spacial score (nSPS) is 14.8. The first-order valence-corrected chi connectivity index (χ1v) is 3.79. The van der Waals surface area contributed by atoms with E-state index in [0.29, 0.717) is 0 Å². The van der Waals surface area contributed by atoms with Crippen molar-refractivity contribution in [2.75, 3.05) is 0 Å². The van der Waals surface area contributed by atoms with E-state index in [9.17, 15) is 44.3 Å². The van der Waals surface area contributed by atoms with Crippen LogP contribution in [0.3, 0.4) is 0 Å². The van der Waals surface area contributed by atoms with Crippen molar-refractivity contribution in [3.63, 3.8) is 0 Å². The molecule has 0 bridgehead atoms. The SMILES string of the molecule is O=C(Cl)C(F)(F)OC(F)(F)C(F)(F)OC(F)(F)F. The van der Waals surface area contributed by atoms with Crippen LogP contribution in [0.4, 0.5) is 39.5 Å². The van der Waals surface area contributed by atoms with Gasteiger partial charge in [0.2, 0.25) is 0 Å². The fraction of sp³-hybridized carbons (Fsp3) is 0.800. The highest BCUT2D eigenvalue weighted by atomic mass is 35.5. The predicted octanol–water partition coefficient (Wildman–Crippen LogP) is 3.08. The van der Waals surface area contributed by atoms with Crippen molar-refractivity contribution in [3.05, 3.63) is 0 Å². The van der Waals surface area contributed by atoms with E-state index < -0.39 is 29.9 Å². The number of hydrogen-bond donors (Lipinski definition) is 0. The first-order chi connectivity index (χ1) is 7.61. The Morgan fingerprint density at radius 1 is 0.778 bits per heavy atom. The Kier molecular flexibility index (Phi) is 4.54. The second-order valence-corrected chi connectivity index (χ2v) is 2.82. The van der Waals surface area contributed by atoms with Crippen molar-refractivity contribution < 1.29 is 53.8 Å². The van der Waals surface area contributed by atoms with Crippen LogP contribution in [0, 0.1) is 0 Å². The van der Waals surface area contributed by atoms with E-state index in [1.165, 1.54) is 0 Å². The highest BCUT2D eigenvalue weighted by Crippen LogP contribution is 2.43. The molecule has 0 aliphatic heterocycles. The highest BCUT2D eigenvalue weighted by molar-refractivity contribution is 6.64. The zero-order valence-corrected chi connectivity index (χ0v) is 8.26. The molecule has 18 heavy (non-hydrogen) atoms. The monoisotopic (exact) mass is 314 g/mol. The number of hydrogen-bond acceptors (Lipinski definition) is 3. The van der Waals surface area contributed by atoms with Crippen LogP contribution in [0.15, 0.2) is 0 Å². The zero-order chi connectivity index (χ0) is 15.0. The molecule has 0 unspecified atom stereocenters. The number of halogens is 10. The van der Waals surface area contributed by atoms with Crippen LogP contribution in [0.1, 0.15) is 0 Å². The van der Waals surface area contributed by atoms with E-state index >= 15 is 0 Å². The maximum absolute atomic E-state index is 12.3. The highest BCUT2D eigenvalue weighted by Gasteiger charge is 2.68. The minimum absolute atomic E-state index is 1.62. The van der Waals surface area contributed by atoms with Gasteiger partial charge in [0.05, 0.1) is 0 Å². The van der Waals surface area contributed by atoms with Gasteiger partial charge in [-0.3, -0.25) is 4.79 Å². The van der Waals surface area contributed by atoms with E-state index in [4.69, 9.17) is 0 Å². The van der Waals surface area contributed by atoms with Crippen LogP contribution in [0.25, 0.3) is 0 Å². The van der Waals surface area contributed by atoms with Gasteiger partial charge in [0, 0.05) is 0 Å². The smallest absolute Gasteiger partial charge is 0.271 e. The van der Waals surface area contributed by atoms with Gasteiger partial charge in [0.25, 0.3) is 0 Å². The van der Waals surface area contributed by atoms with Gasteiger partial charge >= 0.3 is 29.9 Å². The second-order valence-electron chi connectivity index (χ2n) is 2.47. The lowest BCUT2D eigenvalue weighted by Gasteiger charge is -2.27. The summed E-state index contributed by atoms with van der Waals surface area (Å²) in [6.45, 7) is 0. The van der Waals surface area contributed by atoms with Gasteiger partial charge in [-0.1, -0.05) is 0 Å². The molecule has 0 saturated heterocycles. The Bertz CT molecular complexity index is 325. The fourth-order valence-electron chi connectivity index (χ4n) is 0.465. The van der Waals surface area contributed by atoms with Gasteiger partial charge in [0.1, 0.15) is 0 Å². The van der Waals surface area contributed by atoms with Crippen LogP contribution >= 0.6 is 11.6 Å². The molecule has 0 spiro atoms. The summed E-state index contributed by atoms with van der Waals surface area (Å²) < 4.78 is 111. The molecule has 0 amide bonds. The quantitative estimate of drug-likeness (QED) is 0.578. The van der Waals surface area contributed by atoms with E-state index in [0.717, 1.165) is 0 Å². The molecule has 0 aromatic heterocycles. The number of carbonyl (C=O) groups excluding carboxylic acids is 1. The maximum atomic E-state index is 12.3. The summed E-state index contributed by atoms with van der Waals surface area (Å²) in [5.74, 6) is 0. The van der Waals surface area contributed by atoms with Crippen LogP contribution in [-0.4, -0.2) is 29.9 Å². The lowest BCUT2D eigenvalue weighted by molar-refractivity contribution is -0.523. The minimum atomic E-state index is -6.50. The summed E-state index contributed by atoms with van der Waals surface area (Å²) in [5, 5.41) is -2.94. The molecular weight excluding hydrogens is 314 g/mol. The molecule has 0 aliphatic carbocycles. The average Bonchev–Trinajstić information content (AvgIpc) is 1.95. The topological polar surface area (TPSA) is 35.5 Å². The molecule has 0 aromatic rings. The van der Waals surface area contributed by atoms with Gasteiger partial charge in [0.15, 0.2) is 0 Å². The third-order valence-corrected chi connectivity index (χ3v) is 1.29. The Hall–Kier alpha value is -0.750. The van der Waals surface area contributed by atoms with Crippen molar-refractivity contribution >= 4 is 16.8 Å². The summed E-state index contributed by atoms with van der Waals surface area (Å²) in [7, 11) is 0. The Labute approximate surface area is 96.4 Å². The Balaban J connectivity index is 5.08. The van der Waals surface area contributed by atoms with Crippen LogP contribution in [0.2, 0.25) is 0 Å². The summed E-state index contributed by atoms with van der Waals surface area (Å²) in [5.41, 5.74) is 0. The largest absolute Gasteiger partial charge is 0.527 e. The van der Waals surface area contributed by atoms with Crippen LogP contribution in [0.5, 0.6) is 0 Å². The number of alkyl halides is 9. The molecule has 108 valence electrons. The van der Waals surface area contributed by atoms with Gasteiger partial charge in [-0.25, -0.2) is 9.47 Å². The maximum Gasteiger partial charge on any atom is 0.527 e. The molecule has 0 fully saturated rings. The Morgan fingerprint density at radius 2 is 1.11 bits per heavy atom. The lowest BCUT2D eigenvalue weighted by atomic mass is 10.5. The molecule has 0 heterocycles. The van der Waals surface area contributed by atoms with Crippen molar-refractivity contribution in [2.45, 2.75) is 24.7 Å². The molecule has 0 aromatic carbocycles. The van der Waals surface area contributed by atoms with E-state index in [2.05, 4.69) is 11.6 Å². The molecule has 0 saturated carbocycles. The first-order valence-electron chi connectivity index (χ1n) is 3.41. The molecule has 0 rings (SSSR count). The van der Waals surface area contributed by atoms with Gasteiger partial charge < -0.3 is 0 Å². The molecule has 0 N–H and O–H groups in total. The van der Waals surface area contributed by atoms with E-state index in [-0.39, 0.29) is 0 Å². The number of ether oxygens (including phenoxy) is 2. The zero-order valence-electron chi connectivity index (χ0n) is 7.50. The van der Waals surface area contributed by atoms with Crippen molar-refractivity contribution in [1.82, 2.24) is 0 Å². The summed E-state index contributed by atoms with van der Waals surface area (Å²) in [6.07, 6.45) is -24.9. The average molecular weight is 314 g/mol. The molecular formula is C5ClF9O3. The van der Waals surface area contributed by atoms with Crippen LogP contribution < -0.4 is 0 Å². The first kappa shape index (κ1) is 17.2. The lowest BCUT2D eigenvalue weighted by Crippen LogP contribution is -2.52. The molecule has 13 heteroatoms.